The molecule has 0 amide bonds. The topological polar surface area (TPSA) is 89.7 Å². The summed E-state index contributed by atoms with van der Waals surface area (Å²) in [4.78, 5) is 11.7. The molecule has 0 radical (unpaired) electrons. The van der Waals surface area contributed by atoms with Gasteiger partial charge in [-0.25, -0.2) is 13.2 Å². The lowest BCUT2D eigenvalue weighted by Gasteiger charge is -2.17. The van der Waals surface area contributed by atoms with Gasteiger partial charge >= 0.3 is 5.97 Å². The largest absolute Gasteiger partial charge is 0.465 e. The highest BCUT2D eigenvalue weighted by molar-refractivity contribution is 7.89. The summed E-state index contributed by atoms with van der Waals surface area (Å²) >= 11 is 6.00. The number of halogens is 2. The van der Waals surface area contributed by atoms with Gasteiger partial charge in [0.15, 0.2) is 0 Å². The van der Waals surface area contributed by atoms with Crippen LogP contribution in [0.4, 0.5) is 0 Å². The van der Waals surface area contributed by atoms with E-state index in [0.717, 1.165) is 5.56 Å². The second kappa shape index (κ2) is 8.58. The van der Waals surface area contributed by atoms with Gasteiger partial charge in [-0.3, -0.25) is 0 Å². The number of carbonyl (C=O) groups is 1. The van der Waals surface area contributed by atoms with E-state index in [1.807, 2.05) is 30.3 Å². The molecule has 0 unspecified atom stereocenters. The molecular formula is C18H20Cl2N2O4S. The molecule has 0 bridgehead atoms. The molecule has 2 N–H and O–H groups in total. The molecule has 0 saturated carbocycles. The molecule has 1 heterocycles. The molecule has 1 aliphatic rings. The fourth-order valence-electron chi connectivity index (χ4n) is 3.14. The molecule has 6 nitrogen and oxygen atoms in total. The van der Waals surface area contributed by atoms with E-state index in [2.05, 4.69) is 4.74 Å². The smallest absolute Gasteiger partial charge is 0.337 e. The van der Waals surface area contributed by atoms with Crippen LogP contribution >= 0.6 is 24.0 Å². The molecule has 2 aromatic rings. The van der Waals surface area contributed by atoms with Gasteiger partial charge in [-0.1, -0.05) is 41.9 Å². The molecule has 9 heteroatoms. The van der Waals surface area contributed by atoms with Crippen molar-refractivity contribution in [1.29, 1.82) is 0 Å². The van der Waals surface area contributed by atoms with Gasteiger partial charge in [0, 0.05) is 30.1 Å². The molecule has 0 aliphatic carbocycles. The summed E-state index contributed by atoms with van der Waals surface area (Å²) in [7, 11) is -2.61. The monoisotopic (exact) mass is 430 g/mol. The maximum Gasteiger partial charge on any atom is 0.337 e. The van der Waals surface area contributed by atoms with E-state index < -0.39 is 16.0 Å². The highest BCUT2D eigenvalue weighted by Crippen LogP contribution is 2.31. The van der Waals surface area contributed by atoms with Crippen LogP contribution in [0.25, 0.3) is 0 Å². The van der Waals surface area contributed by atoms with Crippen LogP contribution in [-0.2, 0) is 14.8 Å². The number of hydrogen-bond donors (Lipinski definition) is 1. The summed E-state index contributed by atoms with van der Waals surface area (Å²) in [5, 5.41) is 0.148. The molecule has 1 aliphatic heterocycles. The Morgan fingerprint density at radius 2 is 1.85 bits per heavy atom. The van der Waals surface area contributed by atoms with Crippen molar-refractivity contribution >= 4 is 40.0 Å². The number of hydrogen-bond acceptors (Lipinski definition) is 5. The first-order chi connectivity index (χ1) is 12.3. The minimum absolute atomic E-state index is 0. The van der Waals surface area contributed by atoms with Gasteiger partial charge in [0.2, 0.25) is 10.0 Å². The Hall–Kier alpha value is -1.64. The van der Waals surface area contributed by atoms with Gasteiger partial charge < -0.3 is 10.5 Å². The van der Waals surface area contributed by atoms with Crippen molar-refractivity contribution in [2.45, 2.75) is 16.9 Å². The summed E-state index contributed by atoms with van der Waals surface area (Å²) in [6, 6.07) is 13.2. The predicted molar refractivity (Wildman–Crippen MR) is 106 cm³/mol. The van der Waals surface area contributed by atoms with Gasteiger partial charge in [-0.05, 0) is 23.8 Å². The Balaban J connectivity index is 0.00000261. The fourth-order valence-corrected chi connectivity index (χ4v) is 5.01. The van der Waals surface area contributed by atoms with E-state index in [0.29, 0.717) is 0 Å². The van der Waals surface area contributed by atoms with E-state index >= 15 is 0 Å². The molecule has 2 aromatic carbocycles. The van der Waals surface area contributed by atoms with E-state index in [1.54, 1.807) is 0 Å². The minimum atomic E-state index is -3.84. The number of sulfonamides is 1. The van der Waals surface area contributed by atoms with E-state index in [9.17, 15) is 13.2 Å². The highest BCUT2D eigenvalue weighted by atomic mass is 35.5. The Kier molecular flexibility index (Phi) is 6.88. The molecular weight excluding hydrogens is 411 g/mol. The van der Waals surface area contributed by atoms with Gasteiger partial charge in [0.1, 0.15) is 0 Å². The zero-order valence-electron chi connectivity index (χ0n) is 14.5. The van der Waals surface area contributed by atoms with Crippen LogP contribution in [0, 0.1) is 0 Å². The lowest BCUT2D eigenvalue weighted by molar-refractivity contribution is 0.0600. The second-order valence-electron chi connectivity index (χ2n) is 6.17. The van der Waals surface area contributed by atoms with Gasteiger partial charge in [0.25, 0.3) is 0 Å². The van der Waals surface area contributed by atoms with Crippen molar-refractivity contribution < 1.29 is 17.9 Å². The third-order valence-corrected chi connectivity index (χ3v) is 6.52. The van der Waals surface area contributed by atoms with E-state index in [-0.39, 0.29) is 52.9 Å². The normalized spacial score (nSPS) is 20.1. The number of carbonyl (C=O) groups excluding carboxylic acids is 1. The van der Waals surface area contributed by atoms with Gasteiger partial charge in [0.05, 0.1) is 17.6 Å². The van der Waals surface area contributed by atoms with Crippen molar-refractivity contribution in [3.05, 3.63) is 64.7 Å². The number of methoxy groups -OCH3 is 1. The maximum atomic E-state index is 13.0. The molecule has 2 atom stereocenters. The minimum Gasteiger partial charge on any atom is -0.465 e. The number of rotatable bonds is 4. The van der Waals surface area contributed by atoms with Gasteiger partial charge in [-0.15, -0.1) is 12.4 Å². The predicted octanol–water partition coefficient (Wildman–Crippen LogP) is 2.66. The van der Waals surface area contributed by atoms with E-state index in [1.165, 1.54) is 29.6 Å². The first-order valence-corrected chi connectivity index (χ1v) is 9.84. The number of benzene rings is 2. The van der Waals surface area contributed by atoms with E-state index in [4.69, 9.17) is 17.3 Å². The van der Waals surface area contributed by atoms with Crippen molar-refractivity contribution in [3.63, 3.8) is 0 Å². The van der Waals surface area contributed by atoms with Crippen LogP contribution in [0.15, 0.2) is 53.4 Å². The Labute approximate surface area is 169 Å². The summed E-state index contributed by atoms with van der Waals surface area (Å²) in [6.07, 6.45) is 0. The summed E-state index contributed by atoms with van der Waals surface area (Å²) < 4.78 is 32.0. The molecule has 1 fully saturated rings. The van der Waals surface area contributed by atoms with Crippen molar-refractivity contribution in [3.8, 4) is 0 Å². The number of esters is 1. The second-order valence-corrected chi connectivity index (χ2v) is 8.54. The Bertz CT molecular complexity index is 922. The van der Waals surface area contributed by atoms with Crippen LogP contribution in [0.1, 0.15) is 21.8 Å². The van der Waals surface area contributed by atoms with Crippen LogP contribution in [0.5, 0.6) is 0 Å². The van der Waals surface area contributed by atoms with Crippen molar-refractivity contribution in [2.24, 2.45) is 5.73 Å². The summed E-state index contributed by atoms with van der Waals surface area (Å²) in [5.41, 5.74) is 7.28. The molecule has 0 aromatic heterocycles. The fraction of sp³-hybridized carbons (Fsp3) is 0.278. The van der Waals surface area contributed by atoms with Crippen LogP contribution < -0.4 is 5.73 Å². The lowest BCUT2D eigenvalue weighted by Crippen LogP contribution is -2.32. The quantitative estimate of drug-likeness (QED) is 0.752. The third kappa shape index (κ3) is 4.44. The molecule has 1 saturated heterocycles. The number of nitrogens with two attached hydrogens (primary N) is 1. The Morgan fingerprint density at radius 3 is 2.48 bits per heavy atom. The molecule has 27 heavy (non-hydrogen) atoms. The van der Waals surface area contributed by atoms with Crippen molar-refractivity contribution in [2.75, 3.05) is 20.2 Å². The molecule has 3 rings (SSSR count). The Morgan fingerprint density at radius 1 is 1.19 bits per heavy atom. The van der Waals surface area contributed by atoms with Crippen LogP contribution in [-0.4, -0.2) is 44.9 Å². The van der Waals surface area contributed by atoms with Gasteiger partial charge in [-0.2, -0.15) is 4.31 Å². The summed E-state index contributed by atoms with van der Waals surface area (Å²) in [6.45, 7) is 0.468. The zero-order valence-corrected chi connectivity index (χ0v) is 16.9. The highest BCUT2D eigenvalue weighted by Gasteiger charge is 2.38. The average molecular weight is 431 g/mol. The average Bonchev–Trinajstić information content (AvgIpc) is 3.03. The zero-order chi connectivity index (χ0) is 18.9. The number of ether oxygens (including phenoxy) is 1. The van der Waals surface area contributed by atoms with Crippen molar-refractivity contribution in [1.82, 2.24) is 4.31 Å². The molecule has 146 valence electrons. The first-order valence-electron chi connectivity index (χ1n) is 8.02. The standard InChI is InChI=1S/C18H19ClN2O4S.ClH/c1-25-18(22)13-7-14(19)9-15(8-13)26(23,24)21-10-16(17(20)11-21)12-5-3-2-4-6-12;/h2-9,16-17H,10-11,20H2,1H3;1H/t16-,17+;/m0./s1. The number of nitrogens with zero attached hydrogens (tertiary/aromatic N) is 1. The summed E-state index contributed by atoms with van der Waals surface area (Å²) in [5.74, 6) is -0.741. The van der Waals surface area contributed by atoms with Crippen LogP contribution in [0.3, 0.4) is 0 Å². The first kappa shape index (κ1) is 21.7. The SMILES string of the molecule is COC(=O)c1cc(Cl)cc(S(=O)(=O)N2C[C@@H](N)[C@H](c3ccccc3)C2)c1.Cl. The lowest BCUT2D eigenvalue weighted by atomic mass is 9.95. The van der Waals surface area contributed by atoms with Crippen LogP contribution in [0.2, 0.25) is 5.02 Å². The third-order valence-electron chi connectivity index (χ3n) is 4.49. The molecule has 0 spiro atoms. The maximum absolute atomic E-state index is 13.0.